The predicted molar refractivity (Wildman–Crippen MR) is 105 cm³/mol. The van der Waals surface area contributed by atoms with Crippen LogP contribution < -0.4 is 5.32 Å². The van der Waals surface area contributed by atoms with Crippen LogP contribution in [0, 0.1) is 12.7 Å². The standard InChI is InChI=1S/C18H17Cl2FN2O4S/c1-11-2-3-15(21)16(8-11)22-18(24)12-9-17(14(20)10-13(12)19)28(25,26)23-4-6-27-7-5-23/h2-3,8-10H,4-7H2,1H3,(H,22,24). The molecule has 1 amide bonds. The van der Waals surface area contributed by atoms with Crippen LogP contribution in [0.4, 0.5) is 10.1 Å². The molecule has 1 fully saturated rings. The largest absolute Gasteiger partial charge is 0.379 e. The maximum atomic E-state index is 13.9. The molecule has 6 nitrogen and oxygen atoms in total. The van der Waals surface area contributed by atoms with Crippen LogP contribution in [-0.2, 0) is 14.8 Å². The molecule has 0 atom stereocenters. The summed E-state index contributed by atoms with van der Waals surface area (Å²) in [5, 5.41) is 2.27. The predicted octanol–water partition coefficient (Wildman–Crippen LogP) is 3.71. The number of aryl methyl sites for hydroxylation is 1. The Bertz CT molecular complexity index is 1020. The first-order valence-electron chi connectivity index (χ1n) is 8.34. The molecule has 0 bridgehead atoms. The molecule has 0 aromatic heterocycles. The number of nitrogens with one attached hydrogen (secondary N) is 1. The average molecular weight is 447 g/mol. The number of carbonyl (C=O) groups excluding carboxylic acids is 1. The van der Waals surface area contributed by atoms with Crippen molar-refractivity contribution in [2.24, 2.45) is 0 Å². The van der Waals surface area contributed by atoms with Gasteiger partial charge >= 0.3 is 0 Å². The third kappa shape index (κ3) is 4.31. The monoisotopic (exact) mass is 446 g/mol. The molecule has 0 aliphatic carbocycles. The van der Waals surface area contributed by atoms with E-state index in [2.05, 4.69) is 5.32 Å². The summed E-state index contributed by atoms with van der Waals surface area (Å²) in [6, 6.07) is 6.55. The van der Waals surface area contributed by atoms with Crippen LogP contribution >= 0.6 is 23.2 Å². The second kappa shape index (κ2) is 8.34. The summed E-state index contributed by atoms with van der Waals surface area (Å²) in [6.07, 6.45) is 0. The van der Waals surface area contributed by atoms with Crippen LogP contribution in [0.5, 0.6) is 0 Å². The molecule has 2 aromatic carbocycles. The van der Waals surface area contributed by atoms with Crippen molar-refractivity contribution < 1.29 is 22.3 Å². The van der Waals surface area contributed by atoms with Gasteiger partial charge in [0.15, 0.2) is 0 Å². The second-order valence-electron chi connectivity index (χ2n) is 6.22. The fourth-order valence-corrected chi connectivity index (χ4v) is 4.99. The maximum absolute atomic E-state index is 13.9. The summed E-state index contributed by atoms with van der Waals surface area (Å²) in [7, 11) is -3.94. The van der Waals surface area contributed by atoms with Crippen molar-refractivity contribution in [2.45, 2.75) is 11.8 Å². The zero-order valence-electron chi connectivity index (χ0n) is 14.8. The lowest BCUT2D eigenvalue weighted by molar-refractivity contribution is 0.0730. The highest BCUT2D eigenvalue weighted by Crippen LogP contribution is 2.31. The molecule has 1 saturated heterocycles. The van der Waals surface area contributed by atoms with E-state index in [-0.39, 0.29) is 52.5 Å². The molecule has 1 N–H and O–H groups in total. The number of sulfonamides is 1. The van der Waals surface area contributed by atoms with Crippen LogP contribution in [0.2, 0.25) is 10.0 Å². The van der Waals surface area contributed by atoms with Crippen LogP contribution in [0.3, 0.4) is 0 Å². The minimum atomic E-state index is -3.94. The average Bonchev–Trinajstić information content (AvgIpc) is 2.65. The van der Waals surface area contributed by atoms with Gasteiger partial charge in [-0.2, -0.15) is 4.31 Å². The number of halogens is 3. The van der Waals surface area contributed by atoms with Gasteiger partial charge in [0.25, 0.3) is 5.91 Å². The zero-order valence-corrected chi connectivity index (χ0v) is 17.2. The zero-order chi connectivity index (χ0) is 20.5. The van der Waals surface area contributed by atoms with Crippen molar-refractivity contribution in [3.63, 3.8) is 0 Å². The Hall–Kier alpha value is -1.71. The Morgan fingerprint density at radius 2 is 1.82 bits per heavy atom. The molecular weight excluding hydrogens is 430 g/mol. The van der Waals surface area contributed by atoms with E-state index < -0.39 is 21.7 Å². The van der Waals surface area contributed by atoms with Crippen molar-refractivity contribution in [2.75, 3.05) is 31.6 Å². The number of ether oxygens (including phenoxy) is 1. The Kier molecular flexibility index (Phi) is 6.26. The van der Waals surface area contributed by atoms with E-state index in [1.54, 1.807) is 13.0 Å². The van der Waals surface area contributed by atoms with Gasteiger partial charge in [-0.1, -0.05) is 29.3 Å². The molecule has 1 aliphatic heterocycles. The van der Waals surface area contributed by atoms with Gasteiger partial charge in [-0.15, -0.1) is 0 Å². The number of carbonyl (C=O) groups is 1. The lowest BCUT2D eigenvalue weighted by Crippen LogP contribution is -2.40. The summed E-state index contributed by atoms with van der Waals surface area (Å²) < 4.78 is 46.1. The second-order valence-corrected chi connectivity index (χ2v) is 8.94. The van der Waals surface area contributed by atoms with Crippen molar-refractivity contribution in [1.29, 1.82) is 0 Å². The third-order valence-corrected chi connectivity index (χ3v) is 6.90. The van der Waals surface area contributed by atoms with Gasteiger partial charge in [-0.3, -0.25) is 4.79 Å². The van der Waals surface area contributed by atoms with E-state index in [0.717, 1.165) is 11.6 Å². The third-order valence-electron chi connectivity index (χ3n) is 4.22. The lowest BCUT2D eigenvalue weighted by atomic mass is 10.1. The molecule has 0 saturated carbocycles. The molecule has 150 valence electrons. The number of hydrogen-bond donors (Lipinski definition) is 1. The summed E-state index contributed by atoms with van der Waals surface area (Å²) in [5.74, 6) is -1.37. The summed E-state index contributed by atoms with van der Waals surface area (Å²) in [6.45, 7) is 2.64. The minimum Gasteiger partial charge on any atom is -0.379 e. The number of rotatable bonds is 4. The van der Waals surface area contributed by atoms with Gasteiger partial charge in [0.2, 0.25) is 10.0 Å². The molecule has 10 heteroatoms. The summed E-state index contributed by atoms with van der Waals surface area (Å²) in [5.41, 5.74) is 0.585. The molecule has 2 aromatic rings. The molecule has 28 heavy (non-hydrogen) atoms. The molecule has 1 aliphatic rings. The molecular formula is C18H17Cl2FN2O4S. The van der Waals surface area contributed by atoms with Crippen molar-refractivity contribution in [3.8, 4) is 0 Å². The summed E-state index contributed by atoms with van der Waals surface area (Å²) >= 11 is 12.2. The molecule has 0 unspecified atom stereocenters. The number of morpholine rings is 1. The number of benzene rings is 2. The molecule has 1 heterocycles. The number of nitrogens with zero attached hydrogens (tertiary/aromatic N) is 1. The van der Waals surface area contributed by atoms with E-state index in [4.69, 9.17) is 27.9 Å². The van der Waals surface area contributed by atoms with Crippen molar-refractivity contribution >= 4 is 44.8 Å². The smallest absolute Gasteiger partial charge is 0.257 e. The van der Waals surface area contributed by atoms with Gasteiger partial charge in [-0.25, -0.2) is 12.8 Å². The maximum Gasteiger partial charge on any atom is 0.257 e. The van der Waals surface area contributed by atoms with Crippen molar-refractivity contribution in [3.05, 3.63) is 57.3 Å². The highest BCUT2D eigenvalue weighted by molar-refractivity contribution is 7.89. The fraction of sp³-hybridized carbons (Fsp3) is 0.278. The first-order chi connectivity index (χ1) is 13.2. The minimum absolute atomic E-state index is 0.0337. The molecule has 0 spiro atoms. The first-order valence-corrected chi connectivity index (χ1v) is 10.5. The van der Waals surface area contributed by atoms with E-state index >= 15 is 0 Å². The lowest BCUT2D eigenvalue weighted by Gasteiger charge is -2.26. The number of amides is 1. The van der Waals surface area contributed by atoms with Crippen molar-refractivity contribution in [1.82, 2.24) is 4.31 Å². The molecule has 0 radical (unpaired) electrons. The van der Waals surface area contributed by atoms with Crippen LogP contribution in [0.1, 0.15) is 15.9 Å². The topological polar surface area (TPSA) is 75.7 Å². The first kappa shape index (κ1) is 21.0. The van der Waals surface area contributed by atoms with E-state index in [1.165, 1.54) is 22.5 Å². The normalized spacial score (nSPS) is 15.4. The van der Waals surface area contributed by atoms with Gasteiger partial charge < -0.3 is 10.1 Å². The molecule has 3 rings (SSSR count). The Balaban J connectivity index is 1.97. The SMILES string of the molecule is Cc1ccc(F)c(NC(=O)c2cc(S(=O)(=O)N3CCOCC3)c(Cl)cc2Cl)c1. The van der Waals surface area contributed by atoms with Gasteiger partial charge in [-0.05, 0) is 36.8 Å². The number of hydrogen-bond acceptors (Lipinski definition) is 4. The van der Waals surface area contributed by atoms with Crippen LogP contribution in [0.15, 0.2) is 35.2 Å². The van der Waals surface area contributed by atoms with Gasteiger partial charge in [0, 0.05) is 13.1 Å². The highest BCUT2D eigenvalue weighted by atomic mass is 35.5. The Labute approximate surface area is 172 Å². The summed E-state index contributed by atoms with van der Waals surface area (Å²) in [4.78, 5) is 12.4. The van der Waals surface area contributed by atoms with E-state index in [0.29, 0.717) is 0 Å². The van der Waals surface area contributed by atoms with Gasteiger partial charge in [0.05, 0.1) is 34.5 Å². The van der Waals surface area contributed by atoms with Crippen LogP contribution in [0.25, 0.3) is 0 Å². The Morgan fingerprint density at radius 1 is 1.14 bits per heavy atom. The number of anilines is 1. The van der Waals surface area contributed by atoms with E-state index in [1.807, 2.05) is 0 Å². The van der Waals surface area contributed by atoms with Gasteiger partial charge in [0.1, 0.15) is 10.7 Å². The van der Waals surface area contributed by atoms with E-state index in [9.17, 15) is 17.6 Å². The highest BCUT2D eigenvalue weighted by Gasteiger charge is 2.30. The Morgan fingerprint density at radius 3 is 2.50 bits per heavy atom. The van der Waals surface area contributed by atoms with Crippen LogP contribution in [-0.4, -0.2) is 44.9 Å². The fourth-order valence-electron chi connectivity index (χ4n) is 2.75. The quantitative estimate of drug-likeness (QED) is 0.776.